The molecule has 0 radical (unpaired) electrons. The van der Waals surface area contributed by atoms with Crippen molar-refractivity contribution in [2.45, 2.75) is 19.6 Å². The molecule has 0 saturated carbocycles. The fourth-order valence-corrected chi connectivity index (χ4v) is 4.59. The van der Waals surface area contributed by atoms with Crippen molar-refractivity contribution < 1.29 is 23.5 Å². The summed E-state index contributed by atoms with van der Waals surface area (Å²) in [5.74, 6) is -0.630. The van der Waals surface area contributed by atoms with Gasteiger partial charge < -0.3 is 20.1 Å². The first-order valence-corrected chi connectivity index (χ1v) is 12.8. The van der Waals surface area contributed by atoms with Gasteiger partial charge in [0.25, 0.3) is 11.5 Å². The zero-order chi connectivity index (χ0) is 28.4. The van der Waals surface area contributed by atoms with E-state index in [9.17, 15) is 23.6 Å². The van der Waals surface area contributed by atoms with Crippen LogP contribution in [-0.2, 0) is 24.4 Å². The molecule has 12 heteroatoms. The van der Waals surface area contributed by atoms with Crippen LogP contribution >= 0.6 is 15.9 Å². The van der Waals surface area contributed by atoms with Crippen molar-refractivity contribution in [3.8, 4) is 11.5 Å². The Kier molecular flexibility index (Phi) is 7.52. The van der Waals surface area contributed by atoms with Crippen LogP contribution in [0.1, 0.15) is 15.9 Å². The number of carbonyl (C=O) groups is 2. The first-order chi connectivity index (χ1) is 19.2. The molecule has 204 valence electrons. The first kappa shape index (κ1) is 26.9. The second kappa shape index (κ2) is 11.2. The molecule has 0 aliphatic carbocycles. The molecule has 1 aliphatic rings. The smallest absolute Gasteiger partial charge is 0.332 e. The van der Waals surface area contributed by atoms with Crippen molar-refractivity contribution in [1.29, 1.82) is 0 Å². The number of aromatic nitrogens is 2. The van der Waals surface area contributed by atoms with Gasteiger partial charge in [-0.15, -0.1) is 6.58 Å². The SMILES string of the molecule is C=CCn1c(=O)c2ccc(C(=O)NCc3ccc4c(c3)OCO4)cc2n(CC(=O)Nc2ccc(Br)cc2F)c1=O. The summed E-state index contributed by atoms with van der Waals surface area (Å²) in [7, 11) is 0. The summed E-state index contributed by atoms with van der Waals surface area (Å²) in [6.07, 6.45) is 1.38. The number of hydrogen-bond donors (Lipinski definition) is 2. The summed E-state index contributed by atoms with van der Waals surface area (Å²) in [5, 5.41) is 5.35. The van der Waals surface area contributed by atoms with Gasteiger partial charge in [-0.3, -0.25) is 23.5 Å². The summed E-state index contributed by atoms with van der Waals surface area (Å²) < 4.78 is 27.4. The second-order valence-corrected chi connectivity index (χ2v) is 9.76. The molecule has 2 N–H and O–H groups in total. The van der Waals surface area contributed by atoms with Crippen molar-refractivity contribution in [2.24, 2.45) is 0 Å². The van der Waals surface area contributed by atoms with E-state index in [4.69, 9.17) is 9.47 Å². The maximum absolute atomic E-state index is 14.3. The molecule has 40 heavy (non-hydrogen) atoms. The van der Waals surface area contributed by atoms with Crippen molar-refractivity contribution in [3.05, 3.63) is 110 Å². The Hall–Kier alpha value is -4.71. The van der Waals surface area contributed by atoms with E-state index in [1.165, 1.54) is 36.4 Å². The molecule has 1 aromatic heterocycles. The molecule has 0 spiro atoms. The lowest BCUT2D eigenvalue weighted by molar-refractivity contribution is -0.116. The highest BCUT2D eigenvalue weighted by Gasteiger charge is 2.19. The van der Waals surface area contributed by atoms with Gasteiger partial charge in [-0.2, -0.15) is 0 Å². The predicted molar refractivity (Wildman–Crippen MR) is 149 cm³/mol. The number of hydrogen-bond acceptors (Lipinski definition) is 6. The molecule has 5 rings (SSSR count). The van der Waals surface area contributed by atoms with Crippen molar-refractivity contribution in [3.63, 3.8) is 0 Å². The third kappa shape index (κ3) is 5.38. The lowest BCUT2D eigenvalue weighted by Gasteiger charge is -2.15. The average Bonchev–Trinajstić information content (AvgIpc) is 3.41. The fraction of sp³-hybridized carbons (Fsp3) is 0.143. The first-order valence-electron chi connectivity index (χ1n) is 12.0. The van der Waals surface area contributed by atoms with E-state index in [0.29, 0.717) is 16.0 Å². The fourth-order valence-electron chi connectivity index (χ4n) is 4.26. The Labute approximate surface area is 234 Å². The zero-order valence-corrected chi connectivity index (χ0v) is 22.5. The Bertz CT molecular complexity index is 1800. The Morgan fingerprint density at radius 3 is 2.60 bits per heavy atom. The van der Waals surface area contributed by atoms with E-state index in [1.54, 1.807) is 24.3 Å². The van der Waals surface area contributed by atoms with E-state index < -0.39 is 35.4 Å². The minimum Gasteiger partial charge on any atom is -0.454 e. The van der Waals surface area contributed by atoms with E-state index in [0.717, 1.165) is 14.7 Å². The van der Waals surface area contributed by atoms with E-state index >= 15 is 0 Å². The van der Waals surface area contributed by atoms with Gasteiger partial charge in [-0.25, -0.2) is 9.18 Å². The Morgan fingerprint density at radius 2 is 1.82 bits per heavy atom. The number of anilines is 1. The molecular formula is C28H22BrFN4O6. The maximum Gasteiger partial charge on any atom is 0.332 e. The summed E-state index contributed by atoms with van der Waals surface area (Å²) in [4.78, 5) is 52.2. The number of nitrogens with zero attached hydrogens (tertiary/aromatic N) is 2. The van der Waals surface area contributed by atoms with Gasteiger partial charge in [0.05, 0.1) is 16.6 Å². The van der Waals surface area contributed by atoms with Gasteiger partial charge in [0.2, 0.25) is 12.7 Å². The third-order valence-electron chi connectivity index (χ3n) is 6.20. The highest BCUT2D eigenvalue weighted by atomic mass is 79.9. The number of halogens is 2. The molecule has 2 amide bonds. The monoisotopic (exact) mass is 608 g/mol. The highest BCUT2D eigenvalue weighted by Crippen LogP contribution is 2.32. The average molecular weight is 609 g/mol. The van der Waals surface area contributed by atoms with Gasteiger partial charge in [-0.05, 0) is 54.1 Å². The molecule has 0 unspecified atom stereocenters. The van der Waals surface area contributed by atoms with Crippen LogP contribution in [0.25, 0.3) is 10.9 Å². The van der Waals surface area contributed by atoms with Crippen LogP contribution in [-0.4, -0.2) is 27.7 Å². The van der Waals surface area contributed by atoms with Gasteiger partial charge in [0.15, 0.2) is 11.5 Å². The lowest BCUT2D eigenvalue weighted by atomic mass is 10.1. The van der Waals surface area contributed by atoms with Crippen LogP contribution in [0.2, 0.25) is 0 Å². The van der Waals surface area contributed by atoms with Gasteiger partial charge in [-0.1, -0.05) is 28.1 Å². The topological polar surface area (TPSA) is 121 Å². The number of amides is 2. The van der Waals surface area contributed by atoms with E-state index in [2.05, 4.69) is 33.1 Å². The standard InChI is InChI=1S/C28H22BrFN4O6/c1-2-9-33-27(37)19-6-4-17(26(36)31-13-16-3-8-23-24(10-16)40-15-39-23)11-22(19)34(28(33)38)14-25(35)32-21-7-5-18(29)12-20(21)30/h2-8,10-12H,1,9,13-15H2,(H,31,36)(H,32,35). The third-order valence-corrected chi connectivity index (χ3v) is 6.69. The number of allylic oxidation sites excluding steroid dienone is 1. The Morgan fingerprint density at radius 1 is 1.02 bits per heavy atom. The normalized spacial score (nSPS) is 11.8. The van der Waals surface area contributed by atoms with Crippen molar-refractivity contribution in [1.82, 2.24) is 14.5 Å². The Balaban J connectivity index is 1.46. The minimum atomic E-state index is -0.776. The van der Waals surface area contributed by atoms with Crippen molar-refractivity contribution >= 4 is 44.3 Å². The molecule has 10 nitrogen and oxygen atoms in total. The van der Waals surface area contributed by atoms with Crippen LogP contribution in [0.4, 0.5) is 10.1 Å². The maximum atomic E-state index is 14.3. The quantitative estimate of drug-likeness (QED) is 0.295. The molecular weight excluding hydrogens is 587 g/mol. The minimum absolute atomic E-state index is 0.0754. The number of nitrogens with one attached hydrogen (secondary N) is 2. The summed E-state index contributed by atoms with van der Waals surface area (Å²) in [6.45, 7) is 3.27. The summed E-state index contributed by atoms with van der Waals surface area (Å²) in [6, 6.07) is 13.7. The zero-order valence-electron chi connectivity index (χ0n) is 20.9. The molecule has 2 heterocycles. The number of ether oxygens (including phenoxy) is 2. The predicted octanol–water partition coefficient (Wildman–Crippen LogP) is 3.55. The van der Waals surface area contributed by atoms with Gasteiger partial charge in [0, 0.05) is 23.1 Å². The van der Waals surface area contributed by atoms with Gasteiger partial charge in [0.1, 0.15) is 12.4 Å². The van der Waals surface area contributed by atoms with Gasteiger partial charge >= 0.3 is 5.69 Å². The van der Waals surface area contributed by atoms with Crippen LogP contribution in [0, 0.1) is 5.82 Å². The summed E-state index contributed by atoms with van der Waals surface area (Å²) in [5.41, 5.74) is -0.420. The molecule has 0 bridgehead atoms. The van der Waals surface area contributed by atoms with Crippen LogP contribution in [0.15, 0.2) is 81.3 Å². The lowest BCUT2D eigenvalue weighted by Crippen LogP contribution is -2.41. The second-order valence-electron chi connectivity index (χ2n) is 8.85. The van der Waals surface area contributed by atoms with Crippen LogP contribution in [0.3, 0.4) is 0 Å². The number of carbonyl (C=O) groups excluding carboxylic acids is 2. The molecule has 1 aliphatic heterocycles. The van der Waals surface area contributed by atoms with Crippen LogP contribution in [0.5, 0.6) is 11.5 Å². The molecule has 0 fully saturated rings. The van der Waals surface area contributed by atoms with Crippen LogP contribution < -0.4 is 31.4 Å². The highest BCUT2D eigenvalue weighted by molar-refractivity contribution is 9.10. The van der Waals surface area contributed by atoms with E-state index in [-0.39, 0.29) is 42.0 Å². The molecule has 4 aromatic rings. The molecule has 0 saturated heterocycles. The van der Waals surface area contributed by atoms with E-state index in [1.807, 2.05) is 0 Å². The largest absolute Gasteiger partial charge is 0.454 e. The summed E-state index contributed by atoms with van der Waals surface area (Å²) >= 11 is 3.15. The number of rotatable bonds is 8. The van der Waals surface area contributed by atoms with Crippen molar-refractivity contribution in [2.75, 3.05) is 12.1 Å². The molecule has 0 atom stereocenters. The number of benzene rings is 3. The number of fused-ring (bicyclic) bond motifs is 2. The molecule has 3 aromatic carbocycles.